The van der Waals surface area contributed by atoms with Crippen LogP contribution in [0.1, 0.15) is 0 Å². The van der Waals surface area contributed by atoms with Crippen molar-refractivity contribution in [2.45, 2.75) is 5.16 Å². The summed E-state index contributed by atoms with van der Waals surface area (Å²) in [5, 5.41) is 0.693. The van der Waals surface area contributed by atoms with E-state index in [1.165, 1.54) is 12.5 Å². The number of benzene rings is 1. The van der Waals surface area contributed by atoms with Gasteiger partial charge in [0, 0.05) is 23.0 Å². The Balaban J connectivity index is 2.15. The lowest BCUT2D eigenvalue weighted by molar-refractivity contribution is 0.593. The maximum absolute atomic E-state index is 11.6. The Morgan fingerprint density at radius 1 is 1.13 bits per heavy atom. The third-order valence-electron chi connectivity index (χ3n) is 3.05. The molecule has 3 aromatic rings. The molecule has 0 fully saturated rings. The van der Waals surface area contributed by atoms with Crippen molar-refractivity contribution >= 4 is 33.0 Å². The fraction of sp³-hybridized carbons (Fsp3) is 0.0714. The van der Waals surface area contributed by atoms with E-state index in [9.17, 15) is 8.42 Å². The van der Waals surface area contributed by atoms with Gasteiger partial charge in [0.15, 0.2) is 0 Å². The van der Waals surface area contributed by atoms with Gasteiger partial charge in [-0.2, -0.15) is 0 Å². The number of sulfone groups is 1. The van der Waals surface area contributed by atoms with Crippen LogP contribution in [0.5, 0.6) is 0 Å². The van der Waals surface area contributed by atoms with E-state index in [0.717, 1.165) is 6.26 Å². The topological polar surface area (TPSA) is 88.6 Å². The van der Waals surface area contributed by atoms with E-state index in [-0.39, 0.29) is 5.16 Å². The highest BCUT2D eigenvalue weighted by Crippen LogP contribution is 2.34. The molecule has 1 N–H and O–H groups in total. The second kappa shape index (κ2) is 5.92. The van der Waals surface area contributed by atoms with Crippen molar-refractivity contribution in [1.29, 1.82) is 0 Å². The zero-order chi connectivity index (χ0) is 16.6. The fourth-order valence-corrected chi connectivity index (χ4v) is 3.05. The van der Waals surface area contributed by atoms with Gasteiger partial charge in [-0.25, -0.2) is 23.4 Å². The van der Waals surface area contributed by atoms with Crippen LogP contribution in [0.4, 0.5) is 0 Å². The number of rotatable bonds is 3. The van der Waals surface area contributed by atoms with E-state index < -0.39 is 9.84 Å². The predicted molar refractivity (Wildman–Crippen MR) is 88.2 cm³/mol. The zero-order valence-corrected chi connectivity index (χ0v) is 14.1. The molecule has 0 unspecified atom stereocenters. The number of nitrogens with zero attached hydrogens (tertiary/aromatic N) is 3. The maximum atomic E-state index is 11.6. The van der Waals surface area contributed by atoms with Crippen molar-refractivity contribution in [2.24, 2.45) is 0 Å². The van der Waals surface area contributed by atoms with Crippen molar-refractivity contribution in [3.63, 3.8) is 0 Å². The monoisotopic (exact) mass is 368 g/mol. The molecular weight excluding hydrogens is 359 g/mol. The molecule has 0 spiro atoms. The maximum Gasteiger partial charge on any atom is 0.247 e. The average molecular weight is 369 g/mol. The van der Waals surface area contributed by atoms with E-state index >= 15 is 0 Å². The minimum Gasteiger partial charge on any atom is -0.343 e. The number of imidazole rings is 1. The summed E-state index contributed by atoms with van der Waals surface area (Å²) in [6.07, 6.45) is 3.92. The summed E-state index contributed by atoms with van der Waals surface area (Å²) >= 11 is 12.1. The Kier molecular flexibility index (Phi) is 4.09. The van der Waals surface area contributed by atoms with Gasteiger partial charge in [0.05, 0.1) is 28.4 Å². The van der Waals surface area contributed by atoms with Crippen molar-refractivity contribution < 1.29 is 8.42 Å². The summed E-state index contributed by atoms with van der Waals surface area (Å²) in [5.41, 5.74) is 2.15. The predicted octanol–water partition coefficient (Wildman–Crippen LogP) is 3.24. The third kappa shape index (κ3) is 3.21. The van der Waals surface area contributed by atoms with Gasteiger partial charge in [-0.15, -0.1) is 0 Å². The van der Waals surface area contributed by atoms with Gasteiger partial charge in [0.1, 0.15) is 0 Å². The first-order valence-corrected chi connectivity index (χ1v) is 9.03. The van der Waals surface area contributed by atoms with Gasteiger partial charge in [0.2, 0.25) is 15.0 Å². The largest absolute Gasteiger partial charge is 0.343 e. The summed E-state index contributed by atoms with van der Waals surface area (Å²) in [6, 6.07) is 6.64. The van der Waals surface area contributed by atoms with Gasteiger partial charge in [-0.1, -0.05) is 23.2 Å². The number of aromatic nitrogens is 4. The molecule has 0 amide bonds. The smallest absolute Gasteiger partial charge is 0.247 e. The Morgan fingerprint density at radius 2 is 1.91 bits per heavy atom. The highest BCUT2D eigenvalue weighted by atomic mass is 35.5. The first-order valence-electron chi connectivity index (χ1n) is 6.38. The molecule has 0 radical (unpaired) electrons. The van der Waals surface area contributed by atoms with Crippen molar-refractivity contribution in [3.8, 4) is 22.6 Å². The Labute approximate surface area is 142 Å². The molecule has 2 aromatic heterocycles. The van der Waals surface area contributed by atoms with Crippen LogP contribution in [0.2, 0.25) is 10.0 Å². The van der Waals surface area contributed by atoms with Gasteiger partial charge < -0.3 is 4.98 Å². The van der Waals surface area contributed by atoms with Crippen molar-refractivity contribution in [2.75, 3.05) is 6.26 Å². The highest BCUT2D eigenvalue weighted by Gasteiger charge is 2.17. The first kappa shape index (κ1) is 15.9. The molecule has 0 saturated heterocycles. The third-order valence-corrected chi connectivity index (χ3v) is 4.45. The summed E-state index contributed by atoms with van der Waals surface area (Å²) < 4.78 is 23.2. The second-order valence-electron chi connectivity index (χ2n) is 4.75. The summed E-state index contributed by atoms with van der Waals surface area (Å²) in [6.45, 7) is 0. The van der Waals surface area contributed by atoms with Gasteiger partial charge >= 0.3 is 0 Å². The Morgan fingerprint density at radius 3 is 2.61 bits per heavy atom. The molecule has 23 heavy (non-hydrogen) atoms. The average Bonchev–Trinajstić information content (AvgIpc) is 2.96. The molecule has 0 saturated carbocycles. The molecular formula is C14H10Cl2N4O2S. The second-order valence-corrected chi connectivity index (χ2v) is 7.50. The number of hydrogen-bond donors (Lipinski definition) is 1. The van der Waals surface area contributed by atoms with Crippen LogP contribution in [-0.4, -0.2) is 34.6 Å². The lowest BCUT2D eigenvalue weighted by Gasteiger charge is -2.06. The minimum atomic E-state index is -3.51. The van der Waals surface area contributed by atoms with Gasteiger partial charge in [-0.3, -0.25) is 0 Å². The van der Waals surface area contributed by atoms with Gasteiger partial charge in [-0.05, 0) is 24.3 Å². The van der Waals surface area contributed by atoms with E-state index in [4.69, 9.17) is 23.2 Å². The van der Waals surface area contributed by atoms with Crippen LogP contribution < -0.4 is 0 Å². The summed E-state index contributed by atoms with van der Waals surface area (Å²) in [4.78, 5) is 15.1. The van der Waals surface area contributed by atoms with Crippen LogP contribution in [0.3, 0.4) is 0 Å². The molecule has 0 atom stereocenters. The lowest BCUT2D eigenvalue weighted by atomic mass is 10.1. The van der Waals surface area contributed by atoms with Gasteiger partial charge in [0.25, 0.3) is 0 Å². The number of nitrogens with one attached hydrogen (secondary N) is 1. The van der Waals surface area contributed by atoms with Crippen LogP contribution in [0.15, 0.2) is 41.9 Å². The van der Waals surface area contributed by atoms with E-state index in [0.29, 0.717) is 32.7 Å². The van der Waals surface area contributed by atoms with Crippen LogP contribution in [0, 0.1) is 0 Å². The van der Waals surface area contributed by atoms with Crippen LogP contribution in [-0.2, 0) is 9.84 Å². The Hall–Kier alpha value is -1.96. The molecule has 9 heteroatoms. The number of halogens is 2. The van der Waals surface area contributed by atoms with Crippen molar-refractivity contribution in [3.05, 3.63) is 46.8 Å². The minimum absolute atomic E-state index is 0.252. The van der Waals surface area contributed by atoms with Crippen LogP contribution >= 0.6 is 23.2 Å². The summed E-state index contributed by atoms with van der Waals surface area (Å²) in [5.74, 6) is 0. The molecule has 0 aliphatic carbocycles. The molecule has 3 rings (SSSR count). The first-order chi connectivity index (χ1) is 10.9. The molecule has 118 valence electrons. The fourth-order valence-electron chi connectivity index (χ4n) is 2.03. The highest BCUT2D eigenvalue weighted by molar-refractivity contribution is 7.90. The lowest BCUT2D eigenvalue weighted by Crippen LogP contribution is -2.04. The quantitative estimate of drug-likeness (QED) is 0.716. The van der Waals surface area contributed by atoms with E-state index in [1.54, 1.807) is 24.3 Å². The standard InChI is InChI=1S/C14H10Cl2N4O2S/c1-23(21,22)14-17-5-4-11(20-14)13-12(18-7-19-13)9-3-2-8(15)6-10(9)16/h2-7H,1H3,(H,18,19). The molecule has 0 bridgehead atoms. The van der Waals surface area contributed by atoms with E-state index in [1.807, 2.05) is 0 Å². The van der Waals surface area contributed by atoms with Crippen molar-refractivity contribution in [1.82, 2.24) is 19.9 Å². The number of H-pyrrole nitrogens is 1. The molecule has 0 aliphatic rings. The number of hydrogen-bond acceptors (Lipinski definition) is 5. The molecule has 0 aliphatic heterocycles. The molecule has 6 nitrogen and oxygen atoms in total. The molecule has 1 aromatic carbocycles. The molecule has 2 heterocycles. The van der Waals surface area contributed by atoms with E-state index in [2.05, 4.69) is 19.9 Å². The SMILES string of the molecule is CS(=O)(=O)c1nccc(-c2[nH]cnc2-c2ccc(Cl)cc2Cl)n1. The number of aromatic amines is 1. The Bertz CT molecular complexity index is 986. The summed E-state index contributed by atoms with van der Waals surface area (Å²) in [7, 11) is -3.51. The van der Waals surface area contributed by atoms with Crippen LogP contribution in [0.25, 0.3) is 22.6 Å². The normalized spacial score (nSPS) is 11.6. The zero-order valence-electron chi connectivity index (χ0n) is 11.8.